The summed E-state index contributed by atoms with van der Waals surface area (Å²) in [6, 6.07) is 0. The second kappa shape index (κ2) is 6.15. The molecule has 5 heteroatoms. The Morgan fingerprint density at radius 3 is 2.66 bits per heavy atom. The molecule has 1 saturated heterocycles. The van der Waals surface area contributed by atoms with Crippen LogP contribution in [0.25, 0.3) is 0 Å². The largest absolute Gasteiger partial charge is 0.393 e. The lowest BCUT2D eigenvalue weighted by atomic mass is 9.46. The van der Waals surface area contributed by atoms with E-state index in [1.807, 2.05) is 13.8 Å². The molecule has 0 bridgehead atoms. The topological polar surface area (TPSA) is 76.0 Å². The predicted octanol–water partition coefficient (Wildman–Crippen LogP) is 3.37. The molecule has 4 aliphatic carbocycles. The Hall–Kier alpha value is -0.750. The lowest BCUT2D eigenvalue weighted by Gasteiger charge is -2.59. The Morgan fingerprint density at radius 2 is 1.93 bits per heavy atom. The molecule has 2 N–H and O–H groups in total. The second-order valence-electron chi connectivity index (χ2n) is 11.3. The number of Topliss-reactive ketones (excluding diaryl/α,β-unsaturated/α-hetero) is 1. The zero-order chi connectivity index (χ0) is 20.8. The third kappa shape index (κ3) is 2.45. The maximum Gasteiger partial charge on any atom is 0.193 e. The van der Waals surface area contributed by atoms with Crippen molar-refractivity contribution in [2.75, 3.05) is 6.61 Å². The van der Waals surface area contributed by atoms with E-state index in [2.05, 4.69) is 19.9 Å². The number of hydrogen-bond donors (Lipinski definition) is 2. The first-order valence-corrected chi connectivity index (χ1v) is 11.5. The lowest BCUT2D eigenvalue weighted by molar-refractivity contribution is -0.215. The fraction of sp³-hybridized carbons (Fsp3) is 0.875. The van der Waals surface area contributed by atoms with Crippen molar-refractivity contribution in [2.45, 2.75) is 96.2 Å². The summed E-state index contributed by atoms with van der Waals surface area (Å²) in [6.07, 6.45) is 8.51. The van der Waals surface area contributed by atoms with Gasteiger partial charge in [-0.1, -0.05) is 25.5 Å². The summed E-state index contributed by atoms with van der Waals surface area (Å²) in [7, 11) is 0. The van der Waals surface area contributed by atoms with Crippen LogP contribution in [0.1, 0.15) is 72.6 Å². The molecule has 0 unspecified atom stereocenters. The highest BCUT2D eigenvalue weighted by molar-refractivity contribution is 5.91. The number of ether oxygens (including phenoxy) is 2. The average Bonchev–Trinajstić information content (AvgIpc) is 3.07. The second-order valence-corrected chi connectivity index (χ2v) is 11.3. The number of ketones is 1. The van der Waals surface area contributed by atoms with Crippen LogP contribution < -0.4 is 0 Å². The van der Waals surface area contributed by atoms with Crippen LogP contribution in [0.5, 0.6) is 0 Å². The zero-order valence-corrected chi connectivity index (χ0v) is 18.2. The summed E-state index contributed by atoms with van der Waals surface area (Å²) in [5.41, 5.74) is 0.266. The maximum atomic E-state index is 13.2. The quantitative estimate of drug-likeness (QED) is 0.690. The number of aliphatic hydroxyl groups excluding tert-OH is 2. The van der Waals surface area contributed by atoms with Gasteiger partial charge in [-0.25, -0.2) is 0 Å². The van der Waals surface area contributed by atoms with Crippen LogP contribution in [0, 0.1) is 28.6 Å². The van der Waals surface area contributed by atoms with Gasteiger partial charge < -0.3 is 19.7 Å². The molecular formula is C24H36O5. The van der Waals surface area contributed by atoms with E-state index < -0.39 is 18.0 Å². The molecule has 8 atom stereocenters. The number of carbonyl (C=O) groups excluding carboxylic acids is 1. The maximum absolute atomic E-state index is 13.2. The van der Waals surface area contributed by atoms with Gasteiger partial charge in [0.15, 0.2) is 17.2 Å². The van der Waals surface area contributed by atoms with E-state index in [1.165, 1.54) is 5.57 Å². The van der Waals surface area contributed by atoms with Crippen molar-refractivity contribution in [3.8, 4) is 0 Å². The van der Waals surface area contributed by atoms with Crippen LogP contribution in [0.15, 0.2) is 11.6 Å². The average molecular weight is 405 g/mol. The van der Waals surface area contributed by atoms with E-state index in [0.717, 1.165) is 44.9 Å². The number of carbonyl (C=O) groups is 1. The van der Waals surface area contributed by atoms with Gasteiger partial charge in [-0.05, 0) is 82.0 Å². The standard InChI is InChI=1S/C24H36O5/c1-21(2)28-20-12-18-16-6-5-14-11-15(26)7-9-22(14,3)17(16)8-10-23(18,4)24(20,29-21)19(27)13-25/h5,15-18,20,25-26H,6-13H2,1-4H3/t15-,16-,17+,18+,20+,22+,23+,24-/m1/s1. The minimum Gasteiger partial charge on any atom is -0.393 e. The third-order valence-corrected chi connectivity index (χ3v) is 9.63. The molecule has 0 aromatic rings. The normalized spacial score (nSPS) is 52.8. The number of rotatable bonds is 2. The number of allylic oxidation sites excluding steroid dienone is 1. The first kappa shape index (κ1) is 20.2. The van der Waals surface area contributed by atoms with Gasteiger partial charge >= 0.3 is 0 Å². The summed E-state index contributed by atoms with van der Waals surface area (Å²) < 4.78 is 12.7. The van der Waals surface area contributed by atoms with Crippen LogP contribution in [0.2, 0.25) is 0 Å². The molecule has 0 aromatic heterocycles. The van der Waals surface area contributed by atoms with Gasteiger partial charge in [-0.2, -0.15) is 0 Å². The van der Waals surface area contributed by atoms with Crippen LogP contribution >= 0.6 is 0 Å². The van der Waals surface area contributed by atoms with E-state index in [0.29, 0.717) is 17.8 Å². The van der Waals surface area contributed by atoms with Crippen molar-refractivity contribution in [1.29, 1.82) is 0 Å². The van der Waals surface area contributed by atoms with Crippen molar-refractivity contribution in [1.82, 2.24) is 0 Å². The van der Waals surface area contributed by atoms with Crippen molar-refractivity contribution in [2.24, 2.45) is 28.6 Å². The van der Waals surface area contributed by atoms with Crippen LogP contribution in [0.4, 0.5) is 0 Å². The summed E-state index contributed by atoms with van der Waals surface area (Å²) in [4.78, 5) is 13.2. The highest BCUT2D eigenvalue weighted by atomic mass is 16.8. The Morgan fingerprint density at radius 1 is 1.17 bits per heavy atom. The lowest BCUT2D eigenvalue weighted by Crippen LogP contribution is -2.61. The molecule has 29 heavy (non-hydrogen) atoms. The minimum atomic E-state index is -1.03. The molecule has 4 fully saturated rings. The fourth-order valence-electron chi connectivity index (χ4n) is 8.36. The number of hydrogen-bond acceptors (Lipinski definition) is 5. The van der Waals surface area contributed by atoms with Gasteiger partial charge in [0.25, 0.3) is 0 Å². The Labute approximate surface area is 173 Å². The van der Waals surface area contributed by atoms with Gasteiger partial charge in [0, 0.05) is 5.41 Å². The molecular weight excluding hydrogens is 368 g/mol. The summed E-state index contributed by atoms with van der Waals surface area (Å²) in [5.74, 6) is 0.420. The monoisotopic (exact) mass is 404 g/mol. The van der Waals surface area contributed by atoms with E-state index in [1.54, 1.807) is 0 Å². The first-order chi connectivity index (χ1) is 13.6. The molecule has 5 nitrogen and oxygen atoms in total. The van der Waals surface area contributed by atoms with E-state index >= 15 is 0 Å². The molecule has 1 aliphatic heterocycles. The van der Waals surface area contributed by atoms with Gasteiger partial charge in [0.2, 0.25) is 0 Å². The molecule has 5 aliphatic rings. The van der Waals surface area contributed by atoms with Crippen molar-refractivity contribution < 1.29 is 24.5 Å². The number of fused-ring (bicyclic) bond motifs is 7. The van der Waals surface area contributed by atoms with Gasteiger partial charge in [0.05, 0.1) is 12.2 Å². The Bertz CT molecular complexity index is 758. The zero-order valence-electron chi connectivity index (χ0n) is 18.2. The molecule has 0 spiro atoms. The summed E-state index contributed by atoms with van der Waals surface area (Å²) in [6.45, 7) is 7.90. The van der Waals surface area contributed by atoms with Gasteiger partial charge in [-0.15, -0.1) is 0 Å². The Balaban J connectivity index is 1.54. The SMILES string of the molecule is CC1(C)O[C@H]2C[C@H]3[C@@H]4CC=C5C[C@H](O)CC[C@]5(C)[C@H]4CC[C@]3(C)[C@]2(C(=O)CO)O1. The van der Waals surface area contributed by atoms with E-state index in [9.17, 15) is 15.0 Å². The van der Waals surface area contributed by atoms with Crippen molar-refractivity contribution in [3.63, 3.8) is 0 Å². The van der Waals surface area contributed by atoms with E-state index in [4.69, 9.17) is 9.47 Å². The molecule has 1 heterocycles. The number of aliphatic hydroxyl groups is 2. The summed E-state index contributed by atoms with van der Waals surface area (Å²) in [5, 5.41) is 20.0. The van der Waals surface area contributed by atoms with E-state index in [-0.39, 0.29) is 28.8 Å². The van der Waals surface area contributed by atoms with Crippen LogP contribution in [-0.4, -0.2) is 46.2 Å². The summed E-state index contributed by atoms with van der Waals surface area (Å²) >= 11 is 0. The smallest absolute Gasteiger partial charge is 0.193 e. The third-order valence-electron chi connectivity index (χ3n) is 9.63. The molecule has 3 saturated carbocycles. The van der Waals surface area contributed by atoms with Gasteiger partial charge in [0.1, 0.15) is 6.61 Å². The van der Waals surface area contributed by atoms with Crippen molar-refractivity contribution >= 4 is 5.78 Å². The fourth-order valence-corrected chi connectivity index (χ4v) is 8.36. The molecule has 0 aromatic carbocycles. The highest BCUT2D eigenvalue weighted by Crippen LogP contribution is 2.70. The van der Waals surface area contributed by atoms with Crippen LogP contribution in [-0.2, 0) is 14.3 Å². The molecule has 0 amide bonds. The molecule has 162 valence electrons. The molecule has 0 radical (unpaired) electrons. The first-order valence-electron chi connectivity index (χ1n) is 11.5. The van der Waals surface area contributed by atoms with Gasteiger partial charge in [-0.3, -0.25) is 4.79 Å². The predicted molar refractivity (Wildman–Crippen MR) is 108 cm³/mol. The molecule has 5 rings (SSSR count). The van der Waals surface area contributed by atoms with Crippen LogP contribution in [0.3, 0.4) is 0 Å². The van der Waals surface area contributed by atoms with Crippen molar-refractivity contribution in [3.05, 3.63) is 11.6 Å². The minimum absolute atomic E-state index is 0.163. The highest BCUT2D eigenvalue weighted by Gasteiger charge is 2.75. The Kier molecular flexibility index (Phi) is 4.28.